The van der Waals surface area contributed by atoms with E-state index < -0.39 is 6.09 Å². The van der Waals surface area contributed by atoms with Crippen LogP contribution in [0.3, 0.4) is 0 Å². The maximum Gasteiger partial charge on any atom is 0.431 e. The van der Waals surface area contributed by atoms with Gasteiger partial charge in [-0.25, -0.2) is 4.79 Å². The van der Waals surface area contributed by atoms with Gasteiger partial charge in [0.2, 0.25) is 0 Å². The minimum atomic E-state index is -0.590. The van der Waals surface area contributed by atoms with Gasteiger partial charge in [-0.2, -0.15) is 5.48 Å². The first-order valence-corrected chi connectivity index (χ1v) is 5.57. The maximum absolute atomic E-state index is 10.8. The first-order chi connectivity index (χ1) is 8.22. The van der Waals surface area contributed by atoms with E-state index in [1.807, 2.05) is 18.2 Å². The number of amides is 1. The van der Waals surface area contributed by atoms with Gasteiger partial charge >= 0.3 is 6.09 Å². The molecule has 1 amide bonds. The fraction of sp³-hybridized carbons (Fsp3) is 0.250. The van der Waals surface area contributed by atoms with Gasteiger partial charge in [0.05, 0.1) is 13.2 Å². The molecule has 1 N–H and O–H groups in total. The zero-order chi connectivity index (χ0) is 12.5. The van der Waals surface area contributed by atoms with Crippen molar-refractivity contribution in [2.45, 2.75) is 6.92 Å². The van der Waals surface area contributed by atoms with Gasteiger partial charge in [0.1, 0.15) is 0 Å². The molecule has 0 heterocycles. The highest BCUT2D eigenvalue weighted by molar-refractivity contribution is 6.30. The van der Waals surface area contributed by atoms with Crippen molar-refractivity contribution in [2.75, 3.05) is 13.2 Å². The first-order valence-electron chi connectivity index (χ1n) is 5.19. The van der Waals surface area contributed by atoms with Gasteiger partial charge in [-0.15, -0.1) is 0 Å². The predicted molar refractivity (Wildman–Crippen MR) is 66.6 cm³/mol. The average molecular weight is 256 g/mol. The van der Waals surface area contributed by atoms with Crippen molar-refractivity contribution in [3.8, 4) is 0 Å². The number of ether oxygens (including phenoxy) is 1. The number of hydrogen-bond acceptors (Lipinski definition) is 3. The largest absolute Gasteiger partial charge is 0.448 e. The van der Waals surface area contributed by atoms with E-state index in [0.717, 1.165) is 5.56 Å². The van der Waals surface area contributed by atoms with E-state index in [1.54, 1.807) is 25.1 Å². The molecule has 0 saturated heterocycles. The Balaban J connectivity index is 2.22. The molecule has 0 aliphatic carbocycles. The molecule has 0 radical (unpaired) electrons. The molecule has 0 aliphatic heterocycles. The number of hydrogen-bond donors (Lipinski definition) is 1. The molecule has 0 bridgehead atoms. The average Bonchev–Trinajstić information content (AvgIpc) is 2.31. The summed E-state index contributed by atoms with van der Waals surface area (Å²) in [6.07, 6.45) is 3.05. The Morgan fingerprint density at radius 1 is 1.41 bits per heavy atom. The summed E-state index contributed by atoms with van der Waals surface area (Å²) >= 11 is 5.75. The van der Waals surface area contributed by atoms with E-state index >= 15 is 0 Å². The summed E-state index contributed by atoms with van der Waals surface area (Å²) in [4.78, 5) is 15.7. The normalized spacial score (nSPS) is 10.5. The molecule has 0 aromatic heterocycles. The number of benzene rings is 1. The molecule has 0 spiro atoms. The lowest BCUT2D eigenvalue weighted by Gasteiger charge is -2.02. The van der Waals surface area contributed by atoms with Crippen molar-refractivity contribution >= 4 is 23.8 Å². The van der Waals surface area contributed by atoms with Crippen LogP contribution in [0.1, 0.15) is 12.5 Å². The Kier molecular flexibility index (Phi) is 6.14. The van der Waals surface area contributed by atoms with E-state index in [4.69, 9.17) is 16.4 Å². The molecule has 4 nitrogen and oxygen atoms in total. The standard InChI is InChI=1S/C12H14ClNO3/c1-2-16-12(15)14-17-9-3-4-10-5-7-11(13)8-6-10/h3-8H,2,9H2,1H3,(H,14,15)/b4-3+. The van der Waals surface area contributed by atoms with Crippen LogP contribution in [0.15, 0.2) is 30.3 Å². The van der Waals surface area contributed by atoms with Gasteiger partial charge in [-0.3, -0.25) is 4.84 Å². The Bertz CT molecular complexity index is 376. The smallest absolute Gasteiger partial charge is 0.431 e. The van der Waals surface area contributed by atoms with Gasteiger partial charge in [0, 0.05) is 5.02 Å². The van der Waals surface area contributed by atoms with E-state index in [-0.39, 0.29) is 6.61 Å². The first kappa shape index (κ1) is 13.5. The van der Waals surface area contributed by atoms with Crippen molar-refractivity contribution in [3.05, 3.63) is 40.9 Å². The minimum Gasteiger partial charge on any atom is -0.448 e. The highest BCUT2D eigenvalue weighted by Gasteiger charge is 1.96. The number of carbonyl (C=O) groups excluding carboxylic acids is 1. The second-order valence-corrected chi connectivity index (χ2v) is 3.52. The summed E-state index contributed by atoms with van der Waals surface area (Å²) in [5.41, 5.74) is 3.15. The summed E-state index contributed by atoms with van der Waals surface area (Å²) in [6.45, 7) is 2.30. The number of nitrogens with one attached hydrogen (secondary N) is 1. The van der Waals surface area contributed by atoms with Crippen LogP contribution in [0, 0.1) is 0 Å². The zero-order valence-electron chi connectivity index (χ0n) is 9.48. The summed E-state index contributed by atoms with van der Waals surface area (Å²) in [7, 11) is 0. The highest BCUT2D eigenvalue weighted by atomic mass is 35.5. The number of carbonyl (C=O) groups is 1. The van der Waals surface area contributed by atoms with Gasteiger partial charge in [0.25, 0.3) is 0 Å². The molecule has 0 aliphatic rings. The fourth-order valence-electron chi connectivity index (χ4n) is 1.07. The topological polar surface area (TPSA) is 47.6 Å². The van der Waals surface area contributed by atoms with E-state index in [2.05, 4.69) is 10.2 Å². The van der Waals surface area contributed by atoms with Crippen LogP contribution in [0.2, 0.25) is 5.02 Å². The lowest BCUT2D eigenvalue weighted by Crippen LogP contribution is -2.24. The summed E-state index contributed by atoms with van der Waals surface area (Å²) in [5.74, 6) is 0. The Morgan fingerprint density at radius 2 is 2.12 bits per heavy atom. The zero-order valence-corrected chi connectivity index (χ0v) is 10.2. The van der Waals surface area contributed by atoms with Crippen molar-refractivity contribution in [1.82, 2.24) is 5.48 Å². The van der Waals surface area contributed by atoms with Crippen LogP contribution < -0.4 is 5.48 Å². The van der Waals surface area contributed by atoms with Gasteiger partial charge < -0.3 is 4.74 Å². The Hall–Kier alpha value is -1.52. The number of rotatable bonds is 5. The monoisotopic (exact) mass is 255 g/mol. The van der Waals surface area contributed by atoms with Gasteiger partial charge in [-0.1, -0.05) is 35.9 Å². The summed E-state index contributed by atoms with van der Waals surface area (Å²) in [5, 5.41) is 0.697. The summed E-state index contributed by atoms with van der Waals surface area (Å²) < 4.78 is 4.61. The Labute approximate surface area is 105 Å². The van der Waals surface area contributed by atoms with Crippen LogP contribution in [0.5, 0.6) is 0 Å². The van der Waals surface area contributed by atoms with Crippen molar-refractivity contribution in [2.24, 2.45) is 0 Å². The second-order valence-electron chi connectivity index (χ2n) is 3.09. The summed E-state index contributed by atoms with van der Waals surface area (Å²) in [6, 6.07) is 7.38. The molecule has 17 heavy (non-hydrogen) atoms. The molecule has 1 aromatic carbocycles. The third-order valence-electron chi connectivity index (χ3n) is 1.79. The molecule has 5 heteroatoms. The molecule has 1 aromatic rings. The van der Waals surface area contributed by atoms with E-state index in [0.29, 0.717) is 11.6 Å². The lowest BCUT2D eigenvalue weighted by molar-refractivity contribution is 0.0440. The minimum absolute atomic E-state index is 0.265. The fourth-order valence-corrected chi connectivity index (χ4v) is 1.19. The number of hydroxylamine groups is 1. The van der Waals surface area contributed by atoms with Crippen LogP contribution in [-0.2, 0) is 9.57 Å². The second kappa shape index (κ2) is 7.70. The van der Waals surface area contributed by atoms with Crippen molar-refractivity contribution in [1.29, 1.82) is 0 Å². The quantitative estimate of drug-likeness (QED) is 0.650. The third-order valence-corrected chi connectivity index (χ3v) is 2.04. The van der Waals surface area contributed by atoms with Gasteiger partial charge in [-0.05, 0) is 24.6 Å². The maximum atomic E-state index is 10.8. The molecular weight excluding hydrogens is 242 g/mol. The molecule has 1 rings (SSSR count). The molecule has 0 saturated carbocycles. The molecular formula is C12H14ClNO3. The SMILES string of the molecule is CCOC(=O)NOC/C=C/c1ccc(Cl)cc1. The van der Waals surface area contributed by atoms with Crippen LogP contribution in [-0.4, -0.2) is 19.3 Å². The molecule has 0 fully saturated rings. The lowest BCUT2D eigenvalue weighted by atomic mass is 10.2. The van der Waals surface area contributed by atoms with Crippen LogP contribution in [0.25, 0.3) is 6.08 Å². The Morgan fingerprint density at radius 3 is 2.76 bits per heavy atom. The van der Waals surface area contributed by atoms with Crippen molar-refractivity contribution < 1.29 is 14.4 Å². The van der Waals surface area contributed by atoms with Crippen molar-refractivity contribution in [3.63, 3.8) is 0 Å². The number of halogens is 1. The van der Waals surface area contributed by atoms with Crippen LogP contribution in [0.4, 0.5) is 4.79 Å². The molecule has 0 unspecified atom stereocenters. The predicted octanol–water partition coefficient (Wildman–Crippen LogP) is 3.03. The van der Waals surface area contributed by atoms with Gasteiger partial charge in [0.15, 0.2) is 0 Å². The van der Waals surface area contributed by atoms with E-state index in [1.165, 1.54) is 0 Å². The van der Waals surface area contributed by atoms with E-state index in [9.17, 15) is 4.79 Å². The highest BCUT2D eigenvalue weighted by Crippen LogP contribution is 2.10. The third kappa shape index (κ3) is 5.94. The molecule has 0 atom stereocenters. The van der Waals surface area contributed by atoms with Crippen LogP contribution >= 0.6 is 11.6 Å². The molecule has 92 valence electrons.